The molecule has 0 aliphatic carbocycles. The van der Waals surface area contributed by atoms with Crippen molar-refractivity contribution in [1.82, 2.24) is 35.7 Å². The zero-order chi connectivity index (χ0) is 50.9. The summed E-state index contributed by atoms with van der Waals surface area (Å²) < 4.78 is 27.3. The molecule has 18 nitrogen and oxygen atoms in total. The second-order valence-electron chi connectivity index (χ2n) is 18.2. The van der Waals surface area contributed by atoms with Crippen LogP contribution in [0.3, 0.4) is 0 Å². The number of cyclic esters (lactones) is 1. The molecule has 0 spiro atoms. The second-order valence-corrected chi connectivity index (χ2v) is 18.2. The molecule has 5 heterocycles. The lowest BCUT2D eigenvalue weighted by molar-refractivity contribution is -0.172. The Morgan fingerprint density at radius 1 is 0.899 bits per heavy atom. The van der Waals surface area contributed by atoms with E-state index in [1.54, 1.807) is 30.5 Å². The molecule has 3 aliphatic heterocycles. The van der Waals surface area contributed by atoms with E-state index in [1.165, 1.54) is 31.7 Å². The zero-order valence-corrected chi connectivity index (χ0v) is 41.3. The standard InChI is InChI=1S/C48H62FN7O11.C2H6/c1-8-48(65)35-20-38-41-33(22-56(38)46(63)34(35)23-67-47(48)64)30(32-18-26(4)36(49)21-37(32)54-41)14-11-13-17-66-24-50-42(59)27(5)52-44(61)29(7)53-43(60)28(6)51-39(57)15-10-9-12-16-55-40(58)19-31(25(2)3)45(55)62;1-2/h18,20-21,25,27-29,31,65H,8-17,19,22-24H2,1-7H3,(H,50,59)(H,51,57)(H,52,61)(H,53,60);1-2H3/t27-,28-,29-,31?,48-;/m0./s1. The van der Waals surface area contributed by atoms with Gasteiger partial charge in [-0.25, -0.2) is 14.2 Å². The number of fused-ring (bicyclic) bond motifs is 5. The summed E-state index contributed by atoms with van der Waals surface area (Å²) in [5.74, 6) is -3.80. The van der Waals surface area contributed by atoms with E-state index in [2.05, 4.69) is 21.3 Å². The van der Waals surface area contributed by atoms with Crippen molar-refractivity contribution in [3.63, 3.8) is 0 Å². The lowest BCUT2D eigenvalue weighted by atomic mass is 9.86. The van der Waals surface area contributed by atoms with Gasteiger partial charge < -0.3 is 40.4 Å². The number of nitrogens with one attached hydrogen (secondary N) is 4. The van der Waals surface area contributed by atoms with E-state index in [0.29, 0.717) is 67.5 Å². The van der Waals surface area contributed by atoms with Gasteiger partial charge in [0.25, 0.3) is 5.56 Å². The molecule has 3 aromatic rings. The topological polar surface area (TPSA) is 244 Å². The third kappa shape index (κ3) is 12.0. The van der Waals surface area contributed by atoms with Gasteiger partial charge in [0.05, 0.1) is 29.0 Å². The highest BCUT2D eigenvalue weighted by atomic mass is 19.1. The summed E-state index contributed by atoms with van der Waals surface area (Å²) in [6.45, 7) is 16.0. The van der Waals surface area contributed by atoms with Gasteiger partial charge in [0.15, 0.2) is 5.60 Å². The van der Waals surface area contributed by atoms with E-state index in [9.17, 15) is 47.9 Å². The SMILES string of the molecule is CC.CC[C@@]1(O)C(=O)OCc2c1cc1n(c2=O)Cc2c-1nc1cc(F)c(C)cc1c2CCCCOCNC(=O)[C@H](C)NC(=O)[C@H](C)NC(=O)[C@H](C)NC(=O)CCCCCN1C(=O)CC(C(C)C)C1=O. The molecule has 5 atom stereocenters. The molecule has 0 radical (unpaired) electrons. The van der Waals surface area contributed by atoms with E-state index >= 15 is 0 Å². The average Bonchev–Trinajstić information content (AvgIpc) is 3.83. The fraction of sp³-hybridized carbons (Fsp3) is 0.580. The molecule has 69 heavy (non-hydrogen) atoms. The van der Waals surface area contributed by atoms with Crippen LogP contribution in [0.25, 0.3) is 22.3 Å². The van der Waals surface area contributed by atoms with Crippen LogP contribution in [0.2, 0.25) is 0 Å². The molecule has 6 rings (SSSR count). The van der Waals surface area contributed by atoms with Crippen molar-refractivity contribution in [2.24, 2.45) is 11.8 Å². The van der Waals surface area contributed by atoms with Crippen LogP contribution in [0.1, 0.15) is 135 Å². The summed E-state index contributed by atoms with van der Waals surface area (Å²) >= 11 is 0. The van der Waals surface area contributed by atoms with Crippen molar-refractivity contribution in [3.8, 4) is 11.4 Å². The summed E-state index contributed by atoms with van der Waals surface area (Å²) in [5.41, 5.74) is 1.46. The summed E-state index contributed by atoms with van der Waals surface area (Å²) in [4.78, 5) is 108. The number of carbonyl (C=O) groups excluding carboxylic acids is 7. The molecule has 2 aromatic heterocycles. The number of imide groups is 1. The number of rotatable bonds is 21. The first kappa shape index (κ1) is 53.9. The Kier molecular flexibility index (Phi) is 18.3. The molecule has 1 aromatic carbocycles. The number of pyridine rings is 2. The molecule has 19 heteroatoms. The second kappa shape index (κ2) is 23.5. The van der Waals surface area contributed by atoms with E-state index in [4.69, 9.17) is 14.5 Å². The Labute approximate surface area is 401 Å². The first-order valence-corrected chi connectivity index (χ1v) is 24.2. The van der Waals surface area contributed by atoms with Crippen molar-refractivity contribution in [2.45, 2.75) is 157 Å². The predicted molar refractivity (Wildman–Crippen MR) is 253 cm³/mol. The van der Waals surface area contributed by atoms with Crippen LogP contribution in [0.4, 0.5) is 4.39 Å². The van der Waals surface area contributed by atoms with Crippen LogP contribution in [-0.2, 0) is 68.2 Å². The van der Waals surface area contributed by atoms with Crippen molar-refractivity contribution in [1.29, 1.82) is 0 Å². The number of amides is 6. The first-order valence-electron chi connectivity index (χ1n) is 24.2. The minimum absolute atomic E-state index is 0.00262. The van der Waals surface area contributed by atoms with Gasteiger partial charge in [0.1, 0.15) is 37.3 Å². The quantitative estimate of drug-likeness (QED) is 0.0344. The molecular weight excluding hydrogens is 894 g/mol. The van der Waals surface area contributed by atoms with Gasteiger partial charge >= 0.3 is 5.97 Å². The Hall–Kier alpha value is -6.08. The van der Waals surface area contributed by atoms with Crippen molar-refractivity contribution in [3.05, 3.63) is 62.2 Å². The number of unbranched alkanes of at least 4 members (excludes halogenated alkanes) is 3. The van der Waals surface area contributed by atoms with Crippen LogP contribution >= 0.6 is 0 Å². The Bertz CT molecular complexity index is 2530. The molecule has 1 fully saturated rings. The molecular formula is C50H68FN7O11. The van der Waals surface area contributed by atoms with Crippen molar-refractivity contribution < 1.29 is 52.5 Å². The van der Waals surface area contributed by atoms with E-state index < -0.39 is 58.8 Å². The fourth-order valence-electron chi connectivity index (χ4n) is 8.81. The molecule has 5 N–H and O–H groups in total. The Morgan fingerprint density at radius 3 is 2.22 bits per heavy atom. The molecule has 376 valence electrons. The lowest BCUT2D eigenvalue weighted by Gasteiger charge is -2.31. The molecule has 6 amide bonds. The van der Waals surface area contributed by atoms with Gasteiger partial charge in [-0.15, -0.1) is 0 Å². The first-order chi connectivity index (χ1) is 32.8. The third-order valence-corrected chi connectivity index (χ3v) is 13.0. The molecule has 1 saturated heterocycles. The maximum Gasteiger partial charge on any atom is 0.343 e. The van der Waals surface area contributed by atoms with Gasteiger partial charge in [-0.1, -0.05) is 41.0 Å². The van der Waals surface area contributed by atoms with Crippen LogP contribution in [0.15, 0.2) is 23.0 Å². The number of hydrogen-bond donors (Lipinski definition) is 5. The highest BCUT2D eigenvalue weighted by Gasteiger charge is 2.46. The van der Waals surface area contributed by atoms with E-state index in [-0.39, 0.29) is 86.4 Å². The zero-order valence-electron chi connectivity index (χ0n) is 41.3. The fourth-order valence-corrected chi connectivity index (χ4v) is 8.81. The Balaban J connectivity index is 0.00000438. The number of aryl methyl sites for hydroxylation is 2. The van der Waals surface area contributed by atoms with Crippen LogP contribution in [-0.4, -0.2) is 99.0 Å². The summed E-state index contributed by atoms with van der Waals surface area (Å²) in [6.07, 6.45) is 3.80. The summed E-state index contributed by atoms with van der Waals surface area (Å²) in [7, 11) is 0. The van der Waals surface area contributed by atoms with Gasteiger partial charge in [-0.3, -0.25) is 38.5 Å². The normalized spacial score (nSPS) is 18.3. The van der Waals surface area contributed by atoms with Crippen LogP contribution in [0.5, 0.6) is 0 Å². The van der Waals surface area contributed by atoms with Crippen LogP contribution in [0, 0.1) is 24.6 Å². The van der Waals surface area contributed by atoms with Gasteiger partial charge in [0, 0.05) is 54.5 Å². The largest absolute Gasteiger partial charge is 0.458 e. The number of likely N-dealkylation sites (tertiary alicyclic amines) is 1. The molecule has 0 bridgehead atoms. The van der Waals surface area contributed by atoms with Gasteiger partial charge in [-0.2, -0.15) is 0 Å². The average molecular weight is 962 g/mol. The molecule has 1 unspecified atom stereocenters. The highest BCUT2D eigenvalue weighted by Crippen LogP contribution is 2.41. The number of ether oxygens (including phenoxy) is 2. The highest BCUT2D eigenvalue weighted by molar-refractivity contribution is 6.03. The maximum absolute atomic E-state index is 14.9. The van der Waals surface area contributed by atoms with Crippen LogP contribution < -0.4 is 26.8 Å². The number of carbonyl (C=O) groups is 7. The number of aliphatic hydroxyl groups is 1. The van der Waals surface area contributed by atoms with E-state index in [0.717, 1.165) is 16.5 Å². The molecule has 0 saturated carbocycles. The minimum Gasteiger partial charge on any atom is -0.458 e. The lowest BCUT2D eigenvalue weighted by Crippen LogP contribution is -2.54. The third-order valence-electron chi connectivity index (χ3n) is 13.0. The van der Waals surface area contributed by atoms with Gasteiger partial charge in [0.2, 0.25) is 35.4 Å². The monoisotopic (exact) mass is 961 g/mol. The minimum atomic E-state index is -1.98. The summed E-state index contributed by atoms with van der Waals surface area (Å²) in [5, 5.41) is 22.3. The number of benzene rings is 1. The van der Waals surface area contributed by atoms with Crippen molar-refractivity contribution >= 4 is 52.3 Å². The number of aromatic nitrogens is 2. The summed E-state index contributed by atoms with van der Waals surface area (Å²) in [6, 6.07) is 1.81. The number of esters is 1. The Morgan fingerprint density at radius 2 is 1.57 bits per heavy atom. The number of halogens is 1. The van der Waals surface area contributed by atoms with Crippen molar-refractivity contribution in [2.75, 3.05) is 19.9 Å². The maximum atomic E-state index is 14.9. The predicted octanol–water partition coefficient (Wildman–Crippen LogP) is 4.07. The van der Waals surface area contributed by atoms with Gasteiger partial charge in [-0.05, 0) is 95.4 Å². The smallest absolute Gasteiger partial charge is 0.343 e. The molecule has 3 aliphatic rings. The number of nitrogens with zero attached hydrogens (tertiary/aromatic N) is 3. The number of hydrogen-bond acceptors (Lipinski definition) is 12. The van der Waals surface area contributed by atoms with E-state index in [1.807, 2.05) is 27.7 Å².